The van der Waals surface area contributed by atoms with Crippen molar-refractivity contribution in [3.05, 3.63) is 7.43 Å². The Labute approximate surface area is 39.4 Å². The van der Waals surface area contributed by atoms with Crippen LogP contribution in [0.1, 0.15) is 20.3 Å². The molecule has 0 aliphatic rings. The van der Waals surface area contributed by atoms with Crippen molar-refractivity contribution in [1.82, 2.24) is 0 Å². The van der Waals surface area contributed by atoms with Gasteiger partial charge in [-0.25, -0.2) is 0 Å². The van der Waals surface area contributed by atoms with Crippen molar-refractivity contribution in [1.29, 1.82) is 0 Å². The van der Waals surface area contributed by atoms with E-state index >= 15 is 0 Å². The molecule has 6 heavy (non-hydrogen) atoms. The maximum Gasteiger partial charge on any atom is 0.129 e. The van der Waals surface area contributed by atoms with E-state index in [2.05, 4.69) is 0 Å². The predicted molar refractivity (Wildman–Crippen MR) is 25.3 cm³/mol. The van der Waals surface area contributed by atoms with E-state index in [-0.39, 0.29) is 13.2 Å². The lowest BCUT2D eigenvalue weighted by atomic mass is 10.4. The summed E-state index contributed by atoms with van der Waals surface area (Å²) in [5.41, 5.74) is 0. The molecule has 0 amide bonds. The van der Waals surface area contributed by atoms with Crippen LogP contribution in [0.15, 0.2) is 0 Å². The number of Topliss-reactive ketones (excluding diaryl/α,β-unsaturated/α-hetero) is 1. The molecule has 0 aliphatic carbocycles. The van der Waals surface area contributed by atoms with Crippen LogP contribution in [0.25, 0.3) is 0 Å². The molecule has 0 saturated carbocycles. The molecule has 0 spiro atoms. The predicted octanol–water partition coefficient (Wildman–Crippen LogP) is 1.19. The Hall–Kier alpha value is -0.330. The van der Waals surface area contributed by atoms with Gasteiger partial charge in [0.2, 0.25) is 0 Å². The third-order valence-electron chi connectivity index (χ3n) is 0.498. The molecule has 1 heteroatoms. The molecule has 0 saturated heterocycles. The maximum atomic E-state index is 9.81. The molecule has 0 unspecified atom stereocenters. The van der Waals surface area contributed by atoms with E-state index in [9.17, 15) is 4.79 Å². The zero-order chi connectivity index (χ0) is 4.28. The molecule has 0 rings (SSSR count). The third-order valence-corrected chi connectivity index (χ3v) is 0.498. The molecule has 0 atom stereocenters. The van der Waals surface area contributed by atoms with E-state index < -0.39 is 0 Å². The Bertz CT molecular complexity index is 39.2. The highest BCUT2D eigenvalue weighted by atomic mass is 16.1. The second-order valence-electron chi connectivity index (χ2n) is 1.06. The minimum Gasteiger partial charge on any atom is -0.300 e. The van der Waals surface area contributed by atoms with Gasteiger partial charge in [-0.05, 0) is 14.4 Å². The minimum absolute atomic E-state index is 0. The fourth-order valence-electron chi connectivity index (χ4n) is 0. The molecule has 35 valence electrons. The summed E-state index contributed by atoms with van der Waals surface area (Å²) in [5.74, 6) is 0.255. The van der Waals surface area contributed by atoms with Crippen molar-refractivity contribution in [3.8, 4) is 0 Å². The van der Waals surface area contributed by atoms with Crippen molar-refractivity contribution in [2.75, 3.05) is 0 Å². The van der Waals surface area contributed by atoms with E-state index in [0.717, 1.165) is 0 Å². The number of carbonyl (C=O) groups excluding carboxylic acids is 1. The molecule has 0 aromatic carbocycles. The van der Waals surface area contributed by atoms with Crippen LogP contribution in [-0.4, -0.2) is 5.78 Å². The summed E-state index contributed by atoms with van der Waals surface area (Å²) < 4.78 is 0. The largest absolute Gasteiger partial charge is 0.300 e. The van der Waals surface area contributed by atoms with Gasteiger partial charge in [-0.3, -0.25) is 0 Å². The van der Waals surface area contributed by atoms with Crippen molar-refractivity contribution >= 4 is 5.78 Å². The Kier molecular flexibility index (Phi) is 7.15. The number of hydrogen-bond acceptors (Lipinski definition) is 1. The lowest BCUT2D eigenvalue weighted by molar-refractivity contribution is -0.116. The second kappa shape index (κ2) is 4.67. The highest BCUT2D eigenvalue weighted by molar-refractivity contribution is 5.74. The van der Waals surface area contributed by atoms with Gasteiger partial charge in [0.15, 0.2) is 0 Å². The van der Waals surface area contributed by atoms with E-state index in [4.69, 9.17) is 0 Å². The van der Waals surface area contributed by atoms with E-state index in [1.165, 1.54) is 0 Å². The lowest BCUT2D eigenvalue weighted by Gasteiger charge is -1.71. The van der Waals surface area contributed by atoms with Crippen LogP contribution in [0, 0.1) is 7.43 Å². The van der Waals surface area contributed by atoms with Crippen LogP contribution in [0.3, 0.4) is 0 Å². The average Bonchev–Trinajstić information content (AvgIpc) is 1.38. The molecular weight excluding hydrogens is 76.1 g/mol. The maximum absolute atomic E-state index is 9.81. The lowest BCUT2D eigenvalue weighted by Crippen LogP contribution is -1.80. The van der Waals surface area contributed by atoms with Crippen LogP contribution in [0.4, 0.5) is 0 Å². The summed E-state index contributed by atoms with van der Waals surface area (Å²) in [5, 5.41) is 0. The molecule has 0 aromatic heterocycles. The van der Waals surface area contributed by atoms with Crippen molar-refractivity contribution < 1.29 is 4.79 Å². The monoisotopic (exact) mass is 85.1 g/mol. The smallest absolute Gasteiger partial charge is 0.129 e. The van der Waals surface area contributed by atoms with Crippen LogP contribution in [0.5, 0.6) is 0 Å². The second-order valence-corrected chi connectivity index (χ2v) is 1.06. The Morgan fingerprint density at radius 1 is 1.67 bits per heavy atom. The molecule has 0 aliphatic heterocycles. The molecule has 1 nitrogen and oxygen atoms in total. The van der Waals surface area contributed by atoms with Gasteiger partial charge in [0.25, 0.3) is 0 Å². The van der Waals surface area contributed by atoms with Gasteiger partial charge in [-0.2, -0.15) is 0 Å². The van der Waals surface area contributed by atoms with Crippen LogP contribution >= 0.6 is 0 Å². The van der Waals surface area contributed by atoms with E-state index in [1.54, 1.807) is 6.92 Å². The molecule has 3 radical (unpaired) electrons. The molecule has 0 aromatic rings. The van der Waals surface area contributed by atoms with E-state index in [0.29, 0.717) is 6.42 Å². The summed E-state index contributed by atoms with van der Waals surface area (Å²) in [6, 6.07) is 0. The normalized spacial score (nSPS) is 6.33. The highest BCUT2D eigenvalue weighted by Crippen LogP contribution is 1.71. The summed E-state index contributed by atoms with van der Waals surface area (Å²) in [7, 11) is 0. The van der Waals surface area contributed by atoms with Crippen molar-refractivity contribution in [2.45, 2.75) is 20.3 Å². The van der Waals surface area contributed by atoms with Crippen molar-refractivity contribution in [3.63, 3.8) is 0 Å². The van der Waals surface area contributed by atoms with Gasteiger partial charge in [-0.15, -0.1) is 0 Å². The van der Waals surface area contributed by atoms with Crippen LogP contribution in [0.2, 0.25) is 0 Å². The fourth-order valence-corrected chi connectivity index (χ4v) is 0. The zero-order valence-corrected chi connectivity index (χ0v) is 4.19. The summed E-state index contributed by atoms with van der Waals surface area (Å²) in [6.07, 6.45) is 0.667. The fraction of sp³-hybridized carbons (Fsp3) is 0.600. The Balaban J connectivity index is 0. The summed E-state index contributed by atoms with van der Waals surface area (Å²) in [4.78, 5) is 9.81. The molecule has 0 bridgehead atoms. The molecule has 0 heterocycles. The summed E-state index contributed by atoms with van der Waals surface area (Å²) in [6.45, 7) is 3.43. The van der Waals surface area contributed by atoms with Gasteiger partial charge in [0.1, 0.15) is 5.78 Å². The number of rotatable bonds is 1. The highest BCUT2D eigenvalue weighted by Gasteiger charge is 1.76. The Morgan fingerprint density at radius 3 is 1.83 bits per heavy atom. The van der Waals surface area contributed by atoms with Gasteiger partial charge in [0, 0.05) is 6.42 Å². The van der Waals surface area contributed by atoms with Gasteiger partial charge in [-0.1, -0.05) is 6.92 Å². The summed E-state index contributed by atoms with van der Waals surface area (Å²) >= 11 is 0. The van der Waals surface area contributed by atoms with Gasteiger partial charge in [0.05, 0.1) is 0 Å². The number of ketones is 1. The zero-order valence-electron chi connectivity index (χ0n) is 4.19. The van der Waals surface area contributed by atoms with Gasteiger partial charge < -0.3 is 4.79 Å². The molecule has 0 fully saturated rings. The quantitative estimate of drug-likeness (QED) is 0.467. The van der Waals surface area contributed by atoms with Crippen LogP contribution < -0.4 is 0 Å². The first-order valence-electron chi connectivity index (χ1n) is 1.76. The molecule has 0 N–H and O–H groups in total. The Morgan fingerprint density at radius 2 is 1.83 bits per heavy atom. The first kappa shape index (κ1) is 9.18. The van der Waals surface area contributed by atoms with Crippen molar-refractivity contribution in [2.24, 2.45) is 0 Å². The number of hydrogen-bond donors (Lipinski definition) is 0. The minimum atomic E-state index is 0. The SMILES string of the molecule is CCC(C)=O.[CH]. The topological polar surface area (TPSA) is 17.1 Å². The number of carbonyl (C=O) groups is 1. The first-order valence-corrected chi connectivity index (χ1v) is 1.76. The van der Waals surface area contributed by atoms with Gasteiger partial charge >= 0.3 is 0 Å². The van der Waals surface area contributed by atoms with E-state index in [1.807, 2.05) is 6.92 Å². The van der Waals surface area contributed by atoms with Crippen LogP contribution in [-0.2, 0) is 4.79 Å². The standard InChI is InChI=1S/C4H8O.CH/c1-3-4(2)5;/h3H2,1-2H3;1H. The third kappa shape index (κ3) is 9.38. The molecular formula is C5H9O. The average molecular weight is 85.1 g/mol. The first-order chi connectivity index (χ1) is 2.27.